The summed E-state index contributed by atoms with van der Waals surface area (Å²) in [5.74, 6) is -1.60. The van der Waals surface area contributed by atoms with E-state index in [2.05, 4.69) is 9.72 Å². The fraction of sp³-hybridized carbons (Fsp3) is 0.0714. The number of anilines is 1. The predicted octanol–water partition coefficient (Wildman–Crippen LogP) is 2.47. The van der Waals surface area contributed by atoms with Crippen molar-refractivity contribution in [3.8, 4) is 11.1 Å². The number of halogens is 1. The normalized spacial score (nSPS) is 10.2. The minimum absolute atomic E-state index is 0.00406. The molecule has 1 heterocycles. The number of nitrogens with zero attached hydrogens (tertiary/aromatic N) is 1. The van der Waals surface area contributed by atoms with Crippen LogP contribution in [0, 0.1) is 0 Å². The number of hydrogen-bond acceptors (Lipinski definition) is 5. The summed E-state index contributed by atoms with van der Waals surface area (Å²) in [6.07, 6.45) is 1.35. The Hall–Kier alpha value is -2.60. The number of nitrogen functional groups attached to an aromatic ring is 1. The third kappa shape index (κ3) is 2.95. The zero-order valence-electron chi connectivity index (χ0n) is 11.0. The minimum Gasteiger partial charge on any atom is -0.478 e. The van der Waals surface area contributed by atoms with E-state index < -0.39 is 11.9 Å². The van der Waals surface area contributed by atoms with E-state index in [1.807, 2.05) is 0 Å². The van der Waals surface area contributed by atoms with Gasteiger partial charge in [-0.2, -0.15) is 0 Å². The molecule has 0 spiro atoms. The Morgan fingerprint density at radius 1 is 1.29 bits per heavy atom. The van der Waals surface area contributed by atoms with Crippen molar-refractivity contribution < 1.29 is 19.4 Å². The van der Waals surface area contributed by atoms with E-state index >= 15 is 0 Å². The second kappa shape index (κ2) is 5.80. The highest BCUT2D eigenvalue weighted by molar-refractivity contribution is 6.33. The van der Waals surface area contributed by atoms with Crippen molar-refractivity contribution in [2.45, 2.75) is 0 Å². The number of carboxylic acid groups (broad SMARTS) is 1. The number of carbonyl (C=O) groups is 2. The Morgan fingerprint density at radius 3 is 2.57 bits per heavy atom. The fourth-order valence-electron chi connectivity index (χ4n) is 1.84. The first-order valence-electron chi connectivity index (χ1n) is 5.81. The van der Waals surface area contributed by atoms with Gasteiger partial charge in [0.2, 0.25) is 0 Å². The van der Waals surface area contributed by atoms with Crippen molar-refractivity contribution in [3.05, 3.63) is 46.6 Å². The highest BCUT2D eigenvalue weighted by Gasteiger charge is 2.16. The zero-order valence-corrected chi connectivity index (χ0v) is 11.7. The molecule has 0 aliphatic carbocycles. The zero-order chi connectivity index (χ0) is 15.6. The molecule has 108 valence electrons. The smallest absolute Gasteiger partial charge is 0.339 e. The van der Waals surface area contributed by atoms with Gasteiger partial charge in [-0.1, -0.05) is 17.7 Å². The van der Waals surface area contributed by atoms with Gasteiger partial charge in [0.15, 0.2) is 0 Å². The molecule has 0 amide bonds. The maximum absolute atomic E-state index is 11.5. The van der Waals surface area contributed by atoms with Crippen molar-refractivity contribution in [2.24, 2.45) is 0 Å². The maximum Gasteiger partial charge on any atom is 0.339 e. The highest BCUT2D eigenvalue weighted by atomic mass is 35.5. The first kappa shape index (κ1) is 14.8. The number of hydrogen-bond donors (Lipinski definition) is 2. The van der Waals surface area contributed by atoms with E-state index in [9.17, 15) is 14.7 Å². The van der Waals surface area contributed by atoms with Crippen LogP contribution in [0.2, 0.25) is 5.02 Å². The van der Waals surface area contributed by atoms with Gasteiger partial charge in [0.1, 0.15) is 5.82 Å². The molecule has 0 unspecified atom stereocenters. The van der Waals surface area contributed by atoms with Gasteiger partial charge in [0, 0.05) is 11.8 Å². The molecule has 0 aliphatic rings. The molecule has 7 heteroatoms. The molecular weight excluding hydrogens is 296 g/mol. The van der Waals surface area contributed by atoms with Crippen molar-refractivity contribution in [3.63, 3.8) is 0 Å². The minimum atomic E-state index is -1.13. The predicted molar refractivity (Wildman–Crippen MR) is 77.4 cm³/mol. The third-order valence-electron chi connectivity index (χ3n) is 2.84. The summed E-state index contributed by atoms with van der Waals surface area (Å²) in [5, 5.41) is 9.37. The Balaban J connectivity index is 2.56. The number of benzene rings is 1. The number of carboxylic acids is 1. The van der Waals surface area contributed by atoms with Gasteiger partial charge in [0.25, 0.3) is 0 Å². The molecule has 0 aliphatic heterocycles. The second-order valence-corrected chi connectivity index (χ2v) is 4.55. The molecule has 0 fully saturated rings. The number of methoxy groups -OCH3 is 1. The topological polar surface area (TPSA) is 103 Å². The number of pyridine rings is 1. The monoisotopic (exact) mass is 306 g/mol. The Labute approximate surface area is 125 Å². The highest BCUT2D eigenvalue weighted by Crippen LogP contribution is 2.29. The number of esters is 1. The lowest BCUT2D eigenvalue weighted by Gasteiger charge is -2.09. The van der Waals surface area contributed by atoms with Crippen LogP contribution in [0.5, 0.6) is 0 Å². The van der Waals surface area contributed by atoms with Gasteiger partial charge < -0.3 is 15.6 Å². The van der Waals surface area contributed by atoms with E-state index in [4.69, 9.17) is 17.3 Å². The molecular formula is C14H11ClN2O4. The molecule has 21 heavy (non-hydrogen) atoms. The first-order chi connectivity index (χ1) is 9.93. The summed E-state index contributed by atoms with van der Waals surface area (Å²) in [6, 6.07) is 5.77. The first-order valence-corrected chi connectivity index (χ1v) is 6.19. The fourth-order valence-corrected chi connectivity index (χ4v) is 2.09. The van der Waals surface area contributed by atoms with E-state index in [0.29, 0.717) is 11.1 Å². The lowest BCUT2D eigenvalue weighted by Crippen LogP contribution is -2.04. The van der Waals surface area contributed by atoms with Crippen LogP contribution in [0.3, 0.4) is 0 Å². The number of ether oxygens (including phenoxy) is 1. The van der Waals surface area contributed by atoms with E-state index in [0.717, 1.165) is 0 Å². The van der Waals surface area contributed by atoms with Gasteiger partial charge >= 0.3 is 11.9 Å². The Kier molecular flexibility index (Phi) is 4.09. The van der Waals surface area contributed by atoms with E-state index in [1.165, 1.54) is 31.5 Å². The van der Waals surface area contributed by atoms with Crippen LogP contribution < -0.4 is 5.73 Å². The molecule has 6 nitrogen and oxygen atoms in total. The lowest BCUT2D eigenvalue weighted by molar-refractivity contribution is 0.0600. The molecule has 0 bridgehead atoms. The van der Waals surface area contributed by atoms with Crippen molar-refractivity contribution >= 4 is 29.4 Å². The van der Waals surface area contributed by atoms with E-state index in [1.54, 1.807) is 6.07 Å². The average molecular weight is 307 g/mol. The molecule has 0 saturated heterocycles. The van der Waals surface area contributed by atoms with Crippen molar-refractivity contribution in [1.29, 1.82) is 0 Å². The van der Waals surface area contributed by atoms with Crippen LogP contribution in [0.15, 0.2) is 30.5 Å². The molecule has 1 aromatic carbocycles. The molecule has 1 aromatic heterocycles. The summed E-state index contributed by atoms with van der Waals surface area (Å²) < 4.78 is 4.59. The largest absolute Gasteiger partial charge is 0.478 e. The average Bonchev–Trinajstić information content (AvgIpc) is 2.46. The number of carbonyl (C=O) groups excluding carboxylic acids is 1. The van der Waals surface area contributed by atoms with Crippen molar-refractivity contribution in [2.75, 3.05) is 12.8 Å². The van der Waals surface area contributed by atoms with Gasteiger partial charge in [-0.05, 0) is 23.8 Å². The number of aromatic carboxylic acids is 1. The molecule has 3 N–H and O–H groups in total. The van der Waals surface area contributed by atoms with Gasteiger partial charge in [-0.15, -0.1) is 0 Å². The van der Waals surface area contributed by atoms with Crippen LogP contribution >= 0.6 is 11.6 Å². The molecule has 2 rings (SSSR count). The number of rotatable bonds is 3. The SMILES string of the molecule is COC(=O)c1ccc(-c2cnc(N)cc2C(=O)O)cc1Cl. The molecule has 0 radical (unpaired) electrons. The van der Waals surface area contributed by atoms with Crippen LogP contribution in [0.4, 0.5) is 5.82 Å². The van der Waals surface area contributed by atoms with Crippen LogP contribution in [0.25, 0.3) is 11.1 Å². The summed E-state index contributed by atoms with van der Waals surface area (Å²) in [4.78, 5) is 26.6. The summed E-state index contributed by atoms with van der Waals surface area (Å²) in [6.45, 7) is 0. The van der Waals surface area contributed by atoms with E-state index in [-0.39, 0.29) is 22.0 Å². The number of nitrogens with two attached hydrogens (primary N) is 1. The molecule has 0 saturated carbocycles. The summed E-state index contributed by atoms with van der Waals surface area (Å²) >= 11 is 6.02. The van der Waals surface area contributed by atoms with Gasteiger partial charge in [-0.25, -0.2) is 14.6 Å². The van der Waals surface area contributed by atoms with Gasteiger partial charge in [-0.3, -0.25) is 0 Å². The van der Waals surface area contributed by atoms with Crippen LogP contribution in [-0.4, -0.2) is 29.1 Å². The van der Waals surface area contributed by atoms with Crippen LogP contribution in [0.1, 0.15) is 20.7 Å². The Bertz CT molecular complexity index is 731. The second-order valence-electron chi connectivity index (χ2n) is 4.15. The van der Waals surface area contributed by atoms with Gasteiger partial charge in [0.05, 0.1) is 23.3 Å². The Morgan fingerprint density at radius 2 is 2.00 bits per heavy atom. The van der Waals surface area contributed by atoms with Crippen molar-refractivity contribution in [1.82, 2.24) is 4.98 Å². The summed E-state index contributed by atoms with van der Waals surface area (Å²) in [5.41, 5.74) is 6.56. The standard InChI is InChI=1S/C14H11ClN2O4/c1-21-14(20)8-3-2-7(4-11(8)15)10-6-17-12(16)5-9(10)13(18)19/h2-6H,1H3,(H2,16,17)(H,18,19). The third-order valence-corrected chi connectivity index (χ3v) is 3.15. The lowest BCUT2D eigenvalue weighted by atomic mass is 10.0. The summed E-state index contributed by atoms with van der Waals surface area (Å²) in [7, 11) is 1.25. The maximum atomic E-state index is 11.5. The van der Waals surface area contributed by atoms with Crippen LogP contribution in [-0.2, 0) is 4.74 Å². The molecule has 0 atom stereocenters. The molecule has 2 aromatic rings. The number of aromatic nitrogens is 1. The quantitative estimate of drug-likeness (QED) is 0.844.